The number of rotatable bonds is 4. The molecule has 2 aromatic rings. The van der Waals surface area contributed by atoms with Crippen molar-refractivity contribution in [3.05, 3.63) is 69.4 Å². The van der Waals surface area contributed by atoms with E-state index in [1.54, 1.807) is 18.2 Å². The highest BCUT2D eigenvalue weighted by Crippen LogP contribution is 2.16. The van der Waals surface area contributed by atoms with Crippen LogP contribution in [0.4, 0.5) is 4.39 Å². The van der Waals surface area contributed by atoms with Gasteiger partial charge in [-0.2, -0.15) is 0 Å². The number of nitrogens with one attached hydrogen (secondary N) is 1. The van der Waals surface area contributed by atoms with Gasteiger partial charge in [0.05, 0.1) is 0 Å². The average molecular weight is 336 g/mol. The summed E-state index contributed by atoms with van der Waals surface area (Å²) in [6.07, 6.45) is 0.682. The van der Waals surface area contributed by atoms with E-state index in [0.29, 0.717) is 18.5 Å². The zero-order valence-electron chi connectivity index (χ0n) is 11.1. The standard InChI is InChI=1S/C16H15BrFNO/c1-11-10-13(4-7-15(11)17)16(20)19-9-8-12-2-5-14(18)6-3-12/h2-7,10H,8-9H2,1H3,(H,19,20). The Bertz CT molecular complexity index is 610. The summed E-state index contributed by atoms with van der Waals surface area (Å²) in [6, 6.07) is 11.8. The van der Waals surface area contributed by atoms with Gasteiger partial charge >= 0.3 is 0 Å². The Balaban J connectivity index is 1.88. The van der Waals surface area contributed by atoms with E-state index in [4.69, 9.17) is 0 Å². The second-order valence-corrected chi connectivity index (χ2v) is 5.45. The Morgan fingerprint density at radius 1 is 1.20 bits per heavy atom. The molecular formula is C16H15BrFNO. The SMILES string of the molecule is Cc1cc(C(=O)NCCc2ccc(F)cc2)ccc1Br. The number of amides is 1. The highest BCUT2D eigenvalue weighted by Gasteiger charge is 2.06. The van der Waals surface area contributed by atoms with Gasteiger partial charge in [0.2, 0.25) is 0 Å². The van der Waals surface area contributed by atoms with Gasteiger partial charge in [0, 0.05) is 16.6 Å². The number of halogens is 2. The van der Waals surface area contributed by atoms with Gasteiger partial charge in [-0.3, -0.25) is 4.79 Å². The maximum atomic E-state index is 12.8. The maximum absolute atomic E-state index is 12.8. The average Bonchev–Trinajstić information content (AvgIpc) is 2.44. The number of benzene rings is 2. The van der Waals surface area contributed by atoms with E-state index in [0.717, 1.165) is 15.6 Å². The van der Waals surface area contributed by atoms with Crippen molar-refractivity contribution in [2.75, 3.05) is 6.54 Å². The molecule has 4 heteroatoms. The lowest BCUT2D eigenvalue weighted by atomic mass is 10.1. The van der Waals surface area contributed by atoms with Crippen LogP contribution in [-0.4, -0.2) is 12.5 Å². The van der Waals surface area contributed by atoms with Crippen molar-refractivity contribution in [1.82, 2.24) is 5.32 Å². The molecule has 2 rings (SSSR count). The zero-order chi connectivity index (χ0) is 14.5. The van der Waals surface area contributed by atoms with Crippen molar-refractivity contribution in [2.45, 2.75) is 13.3 Å². The molecule has 2 nitrogen and oxygen atoms in total. The Kier molecular flexibility index (Phi) is 4.90. The lowest BCUT2D eigenvalue weighted by Gasteiger charge is -2.07. The second-order valence-electron chi connectivity index (χ2n) is 4.60. The molecule has 0 saturated carbocycles. The molecule has 0 aromatic heterocycles. The minimum atomic E-state index is -0.247. The number of carbonyl (C=O) groups is 1. The Morgan fingerprint density at radius 2 is 1.90 bits per heavy atom. The number of hydrogen-bond donors (Lipinski definition) is 1. The third kappa shape index (κ3) is 3.90. The molecule has 0 heterocycles. The molecule has 0 aliphatic rings. The number of aryl methyl sites for hydroxylation is 1. The summed E-state index contributed by atoms with van der Waals surface area (Å²) in [4.78, 5) is 12.0. The molecule has 0 unspecified atom stereocenters. The Morgan fingerprint density at radius 3 is 2.55 bits per heavy atom. The van der Waals surface area contributed by atoms with Crippen LogP contribution in [0, 0.1) is 12.7 Å². The van der Waals surface area contributed by atoms with Crippen LogP contribution in [0.2, 0.25) is 0 Å². The van der Waals surface area contributed by atoms with Gasteiger partial charge in [0.15, 0.2) is 0 Å². The van der Waals surface area contributed by atoms with Crippen molar-refractivity contribution in [3.8, 4) is 0 Å². The first-order chi connectivity index (χ1) is 9.56. The molecular weight excluding hydrogens is 321 g/mol. The van der Waals surface area contributed by atoms with Crippen LogP contribution in [0.1, 0.15) is 21.5 Å². The first kappa shape index (κ1) is 14.7. The fourth-order valence-corrected chi connectivity index (χ4v) is 2.11. The Hall–Kier alpha value is -1.68. The highest BCUT2D eigenvalue weighted by molar-refractivity contribution is 9.10. The third-order valence-corrected chi connectivity index (χ3v) is 3.92. The van der Waals surface area contributed by atoms with Crippen molar-refractivity contribution >= 4 is 21.8 Å². The van der Waals surface area contributed by atoms with Gasteiger partial charge in [-0.1, -0.05) is 28.1 Å². The molecule has 104 valence electrons. The van der Waals surface area contributed by atoms with E-state index in [-0.39, 0.29) is 11.7 Å². The van der Waals surface area contributed by atoms with Gasteiger partial charge < -0.3 is 5.32 Å². The number of carbonyl (C=O) groups excluding carboxylic acids is 1. The molecule has 1 amide bonds. The molecule has 0 saturated heterocycles. The lowest BCUT2D eigenvalue weighted by molar-refractivity contribution is 0.0954. The van der Waals surface area contributed by atoms with Crippen molar-refractivity contribution in [1.29, 1.82) is 0 Å². The summed E-state index contributed by atoms with van der Waals surface area (Å²) in [6.45, 7) is 2.47. The summed E-state index contributed by atoms with van der Waals surface area (Å²) >= 11 is 3.41. The van der Waals surface area contributed by atoms with Crippen LogP contribution >= 0.6 is 15.9 Å². The molecule has 0 bridgehead atoms. The highest BCUT2D eigenvalue weighted by atomic mass is 79.9. The van der Waals surface area contributed by atoms with Crippen LogP contribution in [0.3, 0.4) is 0 Å². The molecule has 0 aliphatic carbocycles. The van der Waals surface area contributed by atoms with E-state index in [2.05, 4.69) is 21.2 Å². The summed E-state index contributed by atoms with van der Waals surface area (Å²) in [5, 5.41) is 2.86. The van der Waals surface area contributed by atoms with Crippen LogP contribution in [0.25, 0.3) is 0 Å². The predicted molar refractivity (Wildman–Crippen MR) is 81.3 cm³/mol. The first-order valence-corrected chi connectivity index (χ1v) is 7.14. The lowest BCUT2D eigenvalue weighted by Crippen LogP contribution is -2.25. The first-order valence-electron chi connectivity index (χ1n) is 6.35. The van der Waals surface area contributed by atoms with Crippen molar-refractivity contribution < 1.29 is 9.18 Å². The molecule has 0 atom stereocenters. The molecule has 1 N–H and O–H groups in total. The smallest absolute Gasteiger partial charge is 0.251 e. The van der Waals surface area contributed by atoms with Crippen molar-refractivity contribution in [2.24, 2.45) is 0 Å². The molecule has 0 aliphatic heterocycles. The van der Waals surface area contributed by atoms with E-state index >= 15 is 0 Å². The molecule has 0 radical (unpaired) electrons. The van der Waals surface area contributed by atoms with Crippen LogP contribution < -0.4 is 5.32 Å². The van der Waals surface area contributed by atoms with E-state index in [1.807, 2.05) is 19.1 Å². The van der Waals surface area contributed by atoms with Gasteiger partial charge in [-0.15, -0.1) is 0 Å². The molecule has 0 fully saturated rings. The fraction of sp³-hybridized carbons (Fsp3) is 0.188. The van der Waals surface area contributed by atoms with E-state index in [1.165, 1.54) is 12.1 Å². The van der Waals surface area contributed by atoms with Crippen LogP contribution in [0.15, 0.2) is 46.9 Å². The molecule has 0 spiro atoms. The molecule has 2 aromatic carbocycles. The number of hydrogen-bond acceptors (Lipinski definition) is 1. The fourth-order valence-electron chi connectivity index (χ4n) is 1.86. The van der Waals surface area contributed by atoms with Gasteiger partial charge in [-0.05, 0) is 54.8 Å². The minimum Gasteiger partial charge on any atom is -0.352 e. The zero-order valence-corrected chi connectivity index (χ0v) is 12.7. The normalized spacial score (nSPS) is 10.3. The van der Waals surface area contributed by atoms with Crippen molar-refractivity contribution in [3.63, 3.8) is 0 Å². The Labute approximate surface area is 126 Å². The second kappa shape index (κ2) is 6.66. The third-order valence-electron chi connectivity index (χ3n) is 3.03. The summed E-state index contributed by atoms with van der Waals surface area (Å²) in [5.41, 5.74) is 2.67. The summed E-state index contributed by atoms with van der Waals surface area (Å²) in [5.74, 6) is -0.342. The van der Waals surface area contributed by atoms with Crippen LogP contribution in [0.5, 0.6) is 0 Å². The summed E-state index contributed by atoms with van der Waals surface area (Å²) in [7, 11) is 0. The minimum absolute atomic E-state index is 0.0947. The van der Waals surface area contributed by atoms with Gasteiger partial charge in [0.25, 0.3) is 5.91 Å². The monoisotopic (exact) mass is 335 g/mol. The van der Waals surface area contributed by atoms with Gasteiger partial charge in [0.1, 0.15) is 5.82 Å². The summed E-state index contributed by atoms with van der Waals surface area (Å²) < 4.78 is 13.7. The van der Waals surface area contributed by atoms with E-state index < -0.39 is 0 Å². The largest absolute Gasteiger partial charge is 0.352 e. The topological polar surface area (TPSA) is 29.1 Å². The van der Waals surface area contributed by atoms with Crippen LogP contribution in [-0.2, 0) is 6.42 Å². The molecule has 20 heavy (non-hydrogen) atoms. The van der Waals surface area contributed by atoms with Gasteiger partial charge in [-0.25, -0.2) is 4.39 Å². The predicted octanol–water partition coefficient (Wildman–Crippen LogP) is 3.87. The maximum Gasteiger partial charge on any atom is 0.251 e. The van der Waals surface area contributed by atoms with E-state index in [9.17, 15) is 9.18 Å². The quantitative estimate of drug-likeness (QED) is 0.902.